The van der Waals surface area contributed by atoms with Gasteiger partial charge in [0.15, 0.2) is 5.82 Å². The standard InChI is InChI=1S/C15H27N3O/c1-6-15(5,19-7-2)14-17-11(3)13(9-8-10-16)12(4)18-14/h6-10,16H2,1-5H3. The van der Waals surface area contributed by atoms with Crippen LogP contribution in [0.1, 0.15) is 56.4 Å². The largest absolute Gasteiger partial charge is 0.368 e. The average Bonchev–Trinajstić information content (AvgIpc) is 2.37. The first-order chi connectivity index (χ1) is 8.98. The van der Waals surface area contributed by atoms with Crippen molar-refractivity contribution in [3.05, 3.63) is 22.8 Å². The van der Waals surface area contributed by atoms with Crippen molar-refractivity contribution in [1.82, 2.24) is 9.97 Å². The summed E-state index contributed by atoms with van der Waals surface area (Å²) in [6.45, 7) is 11.6. The number of rotatable bonds is 7. The van der Waals surface area contributed by atoms with Crippen LogP contribution in [0.15, 0.2) is 0 Å². The molecule has 0 spiro atoms. The third kappa shape index (κ3) is 3.74. The number of hydrogen-bond donors (Lipinski definition) is 1. The lowest BCUT2D eigenvalue weighted by atomic mass is 10.00. The molecule has 0 bridgehead atoms. The molecule has 0 aliphatic heterocycles. The predicted molar refractivity (Wildman–Crippen MR) is 78.2 cm³/mol. The SMILES string of the molecule is CCOC(C)(CC)c1nc(C)c(CCCN)c(C)n1. The Labute approximate surface area is 116 Å². The van der Waals surface area contributed by atoms with E-state index in [1.165, 1.54) is 5.56 Å². The second kappa shape index (κ2) is 6.96. The monoisotopic (exact) mass is 265 g/mol. The zero-order valence-electron chi connectivity index (χ0n) is 12.9. The normalized spacial score (nSPS) is 14.4. The fraction of sp³-hybridized carbons (Fsp3) is 0.733. The first kappa shape index (κ1) is 16.1. The summed E-state index contributed by atoms with van der Waals surface area (Å²) in [7, 11) is 0. The molecule has 1 aromatic heterocycles. The van der Waals surface area contributed by atoms with E-state index < -0.39 is 5.60 Å². The highest BCUT2D eigenvalue weighted by Gasteiger charge is 2.29. The van der Waals surface area contributed by atoms with Gasteiger partial charge in [-0.05, 0) is 59.1 Å². The molecule has 2 N–H and O–H groups in total. The van der Waals surface area contributed by atoms with E-state index in [9.17, 15) is 0 Å². The van der Waals surface area contributed by atoms with Crippen molar-refractivity contribution in [2.75, 3.05) is 13.2 Å². The quantitative estimate of drug-likeness (QED) is 0.823. The molecule has 1 rings (SSSR count). The van der Waals surface area contributed by atoms with Crippen molar-refractivity contribution in [2.45, 2.75) is 59.5 Å². The molecule has 1 unspecified atom stereocenters. The van der Waals surface area contributed by atoms with Crippen molar-refractivity contribution in [1.29, 1.82) is 0 Å². The minimum atomic E-state index is -0.392. The highest BCUT2D eigenvalue weighted by molar-refractivity contribution is 5.25. The van der Waals surface area contributed by atoms with E-state index >= 15 is 0 Å². The van der Waals surface area contributed by atoms with Gasteiger partial charge in [0, 0.05) is 18.0 Å². The van der Waals surface area contributed by atoms with Gasteiger partial charge in [-0.1, -0.05) is 6.92 Å². The Morgan fingerprint density at radius 3 is 2.16 bits per heavy atom. The average molecular weight is 265 g/mol. The highest BCUT2D eigenvalue weighted by atomic mass is 16.5. The lowest BCUT2D eigenvalue weighted by Gasteiger charge is -2.27. The molecule has 1 atom stereocenters. The second-order valence-corrected chi connectivity index (χ2v) is 5.11. The minimum Gasteiger partial charge on any atom is -0.368 e. The van der Waals surface area contributed by atoms with Gasteiger partial charge in [0.25, 0.3) is 0 Å². The lowest BCUT2D eigenvalue weighted by molar-refractivity contribution is -0.0393. The molecule has 0 fully saturated rings. The van der Waals surface area contributed by atoms with Crippen molar-refractivity contribution in [3.63, 3.8) is 0 Å². The summed E-state index contributed by atoms with van der Waals surface area (Å²) in [5.41, 5.74) is 8.51. The smallest absolute Gasteiger partial charge is 0.160 e. The highest BCUT2D eigenvalue weighted by Crippen LogP contribution is 2.27. The Morgan fingerprint density at radius 1 is 1.16 bits per heavy atom. The molecule has 0 aliphatic rings. The topological polar surface area (TPSA) is 61.0 Å². The maximum Gasteiger partial charge on any atom is 0.160 e. The van der Waals surface area contributed by atoms with Crippen LogP contribution in [0.25, 0.3) is 0 Å². The van der Waals surface area contributed by atoms with Crippen LogP contribution in [0, 0.1) is 13.8 Å². The third-order valence-corrected chi connectivity index (χ3v) is 3.66. The van der Waals surface area contributed by atoms with Gasteiger partial charge in [-0.15, -0.1) is 0 Å². The van der Waals surface area contributed by atoms with Crippen LogP contribution >= 0.6 is 0 Å². The van der Waals surface area contributed by atoms with Crippen molar-refractivity contribution >= 4 is 0 Å². The molecule has 1 heterocycles. The molecule has 0 aromatic carbocycles. The number of nitrogens with two attached hydrogens (primary N) is 1. The van der Waals surface area contributed by atoms with E-state index in [-0.39, 0.29) is 0 Å². The number of ether oxygens (including phenoxy) is 1. The molecule has 0 aliphatic carbocycles. The number of aryl methyl sites for hydroxylation is 2. The second-order valence-electron chi connectivity index (χ2n) is 5.11. The summed E-state index contributed by atoms with van der Waals surface area (Å²) < 4.78 is 5.85. The Bertz CT molecular complexity index is 397. The summed E-state index contributed by atoms with van der Waals surface area (Å²) in [5, 5.41) is 0. The van der Waals surface area contributed by atoms with Crippen LogP contribution in [0.2, 0.25) is 0 Å². The summed E-state index contributed by atoms with van der Waals surface area (Å²) in [6.07, 6.45) is 2.79. The van der Waals surface area contributed by atoms with Crippen molar-refractivity contribution in [2.24, 2.45) is 5.73 Å². The van der Waals surface area contributed by atoms with Crippen LogP contribution in [0.5, 0.6) is 0 Å². The van der Waals surface area contributed by atoms with Crippen LogP contribution in [0.4, 0.5) is 0 Å². The van der Waals surface area contributed by atoms with Crippen LogP contribution in [-0.4, -0.2) is 23.1 Å². The summed E-state index contributed by atoms with van der Waals surface area (Å²) in [6, 6.07) is 0. The Balaban J connectivity index is 3.12. The minimum absolute atomic E-state index is 0.392. The van der Waals surface area contributed by atoms with Crippen molar-refractivity contribution in [3.8, 4) is 0 Å². The van der Waals surface area contributed by atoms with E-state index in [0.717, 1.165) is 36.5 Å². The zero-order chi connectivity index (χ0) is 14.5. The van der Waals surface area contributed by atoms with Crippen molar-refractivity contribution < 1.29 is 4.74 Å². The van der Waals surface area contributed by atoms with Gasteiger partial charge in [-0.2, -0.15) is 0 Å². The summed E-state index contributed by atoms with van der Waals surface area (Å²) in [4.78, 5) is 9.34. The molecule has 0 amide bonds. The third-order valence-electron chi connectivity index (χ3n) is 3.66. The molecule has 0 radical (unpaired) electrons. The van der Waals surface area contributed by atoms with Crippen LogP contribution in [-0.2, 0) is 16.8 Å². The summed E-state index contributed by atoms with van der Waals surface area (Å²) >= 11 is 0. The van der Waals surface area contributed by atoms with E-state index in [1.54, 1.807) is 0 Å². The zero-order valence-corrected chi connectivity index (χ0v) is 12.9. The van der Waals surface area contributed by atoms with E-state index in [4.69, 9.17) is 10.5 Å². The van der Waals surface area contributed by atoms with E-state index in [1.807, 2.05) is 20.8 Å². The van der Waals surface area contributed by atoms with Gasteiger partial charge in [0.05, 0.1) is 0 Å². The van der Waals surface area contributed by atoms with Crippen LogP contribution in [0.3, 0.4) is 0 Å². The van der Waals surface area contributed by atoms with Gasteiger partial charge in [0.2, 0.25) is 0 Å². The first-order valence-electron chi connectivity index (χ1n) is 7.17. The lowest BCUT2D eigenvalue weighted by Crippen LogP contribution is -2.29. The van der Waals surface area contributed by atoms with Crippen LogP contribution < -0.4 is 5.73 Å². The molecule has 108 valence electrons. The Kier molecular flexibility index (Phi) is 5.88. The van der Waals surface area contributed by atoms with Gasteiger partial charge in [-0.3, -0.25) is 0 Å². The molecular formula is C15H27N3O. The molecule has 4 nitrogen and oxygen atoms in total. The molecule has 0 saturated carbocycles. The van der Waals surface area contributed by atoms with Gasteiger partial charge >= 0.3 is 0 Å². The first-order valence-corrected chi connectivity index (χ1v) is 7.17. The Morgan fingerprint density at radius 2 is 1.74 bits per heavy atom. The van der Waals surface area contributed by atoms with E-state index in [2.05, 4.69) is 23.8 Å². The fourth-order valence-electron chi connectivity index (χ4n) is 2.26. The number of nitrogens with zero attached hydrogens (tertiary/aromatic N) is 2. The molecule has 0 saturated heterocycles. The molecule has 4 heteroatoms. The molecule has 1 aromatic rings. The molecular weight excluding hydrogens is 238 g/mol. The summed E-state index contributed by atoms with van der Waals surface area (Å²) in [5.74, 6) is 0.795. The predicted octanol–water partition coefficient (Wildman–Crippen LogP) is 2.65. The Hall–Kier alpha value is -1.00. The number of aromatic nitrogens is 2. The van der Waals surface area contributed by atoms with E-state index in [0.29, 0.717) is 13.2 Å². The number of hydrogen-bond acceptors (Lipinski definition) is 4. The van der Waals surface area contributed by atoms with Gasteiger partial charge < -0.3 is 10.5 Å². The van der Waals surface area contributed by atoms with Gasteiger partial charge in [0.1, 0.15) is 5.60 Å². The maximum atomic E-state index is 5.85. The fourth-order valence-corrected chi connectivity index (χ4v) is 2.26. The van der Waals surface area contributed by atoms with Gasteiger partial charge in [-0.25, -0.2) is 9.97 Å². The maximum absolute atomic E-state index is 5.85. The molecule has 19 heavy (non-hydrogen) atoms.